The van der Waals surface area contributed by atoms with Crippen molar-refractivity contribution >= 4 is 38.5 Å². The van der Waals surface area contributed by atoms with Crippen LogP contribution in [0.2, 0.25) is 0 Å². The zero-order chi connectivity index (χ0) is 17.8. The average Bonchev–Trinajstić information content (AvgIpc) is 2.21. The van der Waals surface area contributed by atoms with E-state index in [2.05, 4.69) is 15.9 Å². The first-order chi connectivity index (χ1) is 9.49. The summed E-state index contributed by atoms with van der Waals surface area (Å²) in [4.78, 5) is 0. The minimum Gasteiger partial charge on any atom is -0.222 e. The molecule has 1 unspecified atom stereocenters. The molecule has 0 N–H and O–H groups in total. The summed E-state index contributed by atoms with van der Waals surface area (Å²) in [6.45, 7) is 0. The van der Waals surface area contributed by atoms with Crippen molar-refractivity contribution in [1.29, 1.82) is 0 Å². The molecule has 22 heavy (non-hydrogen) atoms. The highest BCUT2D eigenvalue weighted by Gasteiger charge is 2.86. The maximum atomic E-state index is 14.1. The summed E-state index contributed by atoms with van der Waals surface area (Å²) in [5.41, 5.74) is -11.4. The summed E-state index contributed by atoms with van der Waals surface area (Å²) in [6.07, 6.45) is -21.0. The largest absolute Gasteiger partial charge is 0.433 e. The fraction of sp³-hybridized carbons (Fsp3) is 0.600. The Bertz CT molecular complexity index is 477. The molecule has 1 aliphatic carbocycles. The molecule has 128 valence electrons. The molecule has 0 aliphatic heterocycles. The number of alkyl halides is 10. The van der Waals surface area contributed by atoms with E-state index in [0.29, 0.717) is 0 Å². The van der Waals surface area contributed by atoms with Crippen LogP contribution in [0, 0.1) is 5.41 Å². The van der Waals surface area contributed by atoms with Crippen LogP contribution in [0.3, 0.4) is 0 Å². The summed E-state index contributed by atoms with van der Waals surface area (Å²) < 4.78 is 129. The van der Waals surface area contributed by atoms with Crippen LogP contribution in [0.4, 0.5) is 43.9 Å². The van der Waals surface area contributed by atoms with Crippen molar-refractivity contribution in [3.63, 3.8) is 0 Å². The van der Waals surface area contributed by atoms with Crippen molar-refractivity contribution in [2.75, 3.05) is 0 Å². The molecule has 0 heterocycles. The normalized spacial score (nSPS) is 24.9. The Hall–Kier alpha value is -0.0100. The summed E-state index contributed by atoms with van der Waals surface area (Å²) in [6, 6.07) is 0. The molecule has 1 atom stereocenters. The molecule has 0 aromatic rings. The van der Waals surface area contributed by atoms with Gasteiger partial charge in [0.15, 0.2) is 5.41 Å². The molecule has 1 aliphatic rings. The van der Waals surface area contributed by atoms with Gasteiger partial charge in [-0.05, 0) is 30.7 Å². The first-order valence-corrected chi connectivity index (χ1v) is 7.00. The van der Waals surface area contributed by atoms with Crippen LogP contribution in [-0.2, 0) is 0 Å². The highest BCUT2D eigenvalue weighted by molar-refractivity contribution is 14.1. The summed E-state index contributed by atoms with van der Waals surface area (Å²) in [5.74, 6) is 0. The van der Waals surface area contributed by atoms with E-state index < -0.39 is 43.8 Å². The number of hydrogen-bond acceptors (Lipinski definition) is 0. The van der Waals surface area contributed by atoms with Gasteiger partial charge in [-0.2, -0.15) is 39.5 Å². The number of rotatable bonds is 1. The molecular formula is C10H4BrF10I. The van der Waals surface area contributed by atoms with Crippen LogP contribution in [-0.4, -0.2) is 24.2 Å². The van der Waals surface area contributed by atoms with Gasteiger partial charge in [0, 0.05) is 6.42 Å². The number of allylic oxidation sites excluding steroid dienone is 4. The molecule has 1 rings (SSSR count). The summed E-state index contributed by atoms with van der Waals surface area (Å²) in [5, 5.41) is 0. The highest BCUT2D eigenvalue weighted by Crippen LogP contribution is 2.65. The van der Waals surface area contributed by atoms with Gasteiger partial charge in [-0.25, -0.2) is 4.39 Å². The zero-order valence-electron chi connectivity index (χ0n) is 9.90. The maximum Gasteiger partial charge on any atom is 0.433 e. The zero-order valence-corrected chi connectivity index (χ0v) is 13.6. The molecule has 0 saturated heterocycles. The van der Waals surface area contributed by atoms with Gasteiger partial charge in [0.25, 0.3) is 0 Å². The van der Waals surface area contributed by atoms with E-state index in [1.54, 1.807) is 0 Å². The van der Waals surface area contributed by atoms with Gasteiger partial charge in [-0.3, -0.25) is 0 Å². The SMILES string of the molecule is FC(F)(F)C1(C(F)(C(F)(F)F)C(F)(F)F)C=C(Br)CC(I)=C1. The van der Waals surface area contributed by atoms with Crippen LogP contribution >= 0.6 is 38.5 Å². The first-order valence-electron chi connectivity index (χ1n) is 5.13. The van der Waals surface area contributed by atoms with Gasteiger partial charge in [0.1, 0.15) is 0 Å². The van der Waals surface area contributed by atoms with E-state index in [1.165, 1.54) is 0 Å². The smallest absolute Gasteiger partial charge is 0.222 e. The van der Waals surface area contributed by atoms with Crippen molar-refractivity contribution < 1.29 is 43.9 Å². The molecule has 0 nitrogen and oxygen atoms in total. The quantitative estimate of drug-likeness (QED) is 0.278. The maximum absolute atomic E-state index is 14.1. The lowest BCUT2D eigenvalue weighted by molar-refractivity contribution is -0.396. The van der Waals surface area contributed by atoms with E-state index in [1.807, 2.05) is 0 Å². The second-order valence-corrected chi connectivity index (χ2v) is 6.78. The Morgan fingerprint density at radius 1 is 0.864 bits per heavy atom. The molecule has 0 spiro atoms. The third-order valence-corrected chi connectivity index (χ3v) is 4.13. The lowest BCUT2D eigenvalue weighted by Crippen LogP contribution is -2.67. The molecule has 0 radical (unpaired) electrons. The molecule has 0 amide bonds. The first kappa shape index (κ1) is 20.0. The molecule has 12 heteroatoms. The minimum atomic E-state index is -6.84. The minimum absolute atomic E-state index is 0.371. The topological polar surface area (TPSA) is 0 Å². The molecule has 0 bridgehead atoms. The second-order valence-electron chi connectivity index (χ2n) is 4.38. The van der Waals surface area contributed by atoms with Crippen LogP contribution in [0.25, 0.3) is 0 Å². The van der Waals surface area contributed by atoms with Crippen molar-refractivity contribution in [2.45, 2.75) is 30.6 Å². The van der Waals surface area contributed by atoms with Gasteiger partial charge in [-0.15, -0.1) is 0 Å². The van der Waals surface area contributed by atoms with Gasteiger partial charge in [0.2, 0.25) is 0 Å². The van der Waals surface area contributed by atoms with Crippen LogP contribution in [0.5, 0.6) is 0 Å². The molecule has 0 fully saturated rings. The fourth-order valence-corrected chi connectivity index (χ4v) is 4.08. The highest BCUT2D eigenvalue weighted by atomic mass is 127. The van der Waals surface area contributed by atoms with E-state index in [0.717, 1.165) is 22.6 Å². The third kappa shape index (κ3) is 2.88. The predicted octanol–water partition coefficient (Wildman–Crippen LogP) is 6.37. The monoisotopic (exact) mass is 520 g/mol. The van der Waals surface area contributed by atoms with Crippen molar-refractivity contribution in [2.24, 2.45) is 5.41 Å². The van der Waals surface area contributed by atoms with Crippen LogP contribution < -0.4 is 0 Å². The van der Waals surface area contributed by atoms with E-state index >= 15 is 0 Å². The molecule has 0 saturated carbocycles. The second kappa shape index (κ2) is 5.52. The standard InChI is InChI=1S/C10H4BrF10I/c11-4-1-5(22)3-6(2-4,8(13,14)15)7(12,9(16,17)18)10(19,20)21/h2-3H,1H2. The lowest BCUT2D eigenvalue weighted by atomic mass is 9.69. The fourth-order valence-electron chi connectivity index (χ4n) is 1.99. The average molecular weight is 521 g/mol. The van der Waals surface area contributed by atoms with E-state index in [9.17, 15) is 43.9 Å². The van der Waals surface area contributed by atoms with Crippen molar-refractivity contribution in [1.82, 2.24) is 0 Å². The van der Waals surface area contributed by atoms with Crippen molar-refractivity contribution in [3.8, 4) is 0 Å². The molecular weight excluding hydrogens is 517 g/mol. The van der Waals surface area contributed by atoms with E-state index in [4.69, 9.17) is 0 Å². The van der Waals surface area contributed by atoms with Gasteiger partial charge in [-0.1, -0.05) is 28.1 Å². The Morgan fingerprint density at radius 2 is 1.27 bits per heavy atom. The van der Waals surface area contributed by atoms with Crippen LogP contribution in [0.1, 0.15) is 6.42 Å². The Balaban J connectivity index is 3.90. The van der Waals surface area contributed by atoms with Gasteiger partial charge < -0.3 is 0 Å². The Labute approximate surface area is 138 Å². The lowest BCUT2D eigenvalue weighted by Gasteiger charge is -2.45. The number of halogens is 12. The molecule has 0 aromatic carbocycles. The molecule has 0 aromatic heterocycles. The van der Waals surface area contributed by atoms with Gasteiger partial charge in [0.05, 0.1) is 0 Å². The van der Waals surface area contributed by atoms with E-state index in [-0.39, 0.29) is 12.5 Å². The Morgan fingerprint density at radius 3 is 1.55 bits per heavy atom. The third-order valence-electron chi connectivity index (χ3n) is 2.93. The summed E-state index contributed by atoms with van der Waals surface area (Å²) in [7, 11) is 0. The summed E-state index contributed by atoms with van der Waals surface area (Å²) >= 11 is 3.56. The Kier molecular flexibility index (Phi) is 5.02. The number of hydrogen-bond donors (Lipinski definition) is 0. The predicted molar refractivity (Wildman–Crippen MR) is 68.2 cm³/mol. The van der Waals surface area contributed by atoms with Gasteiger partial charge >= 0.3 is 24.2 Å². The van der Waals surface area contributed by atoms with Crippen LogP contribution in [0.15, 0.2) is 20.2 Å². The van der Waals surface area contributed by atoms with Crippen molar-refractivity contribution in [3.05, 3.63) is 20.2 Å².